The van der Waals surface area contributed by atoms with Crippen molar-refractivity contribution in [2.24, 2.45) is 5.92 Å². The van der Waals surface area contributed by atoms with Crippen LogP contribution < -0.4 is 0 Å². The Morgan fingerprint density at radius 1 is 1.37 bits per heavy atom. The van der Waals surface area contributed by atoms with Crippen LogP contribution in [0.25, 0.3) is 0 Å². The second kappa shape index (κ2) is 7.26. The lowest BCUT2D eigenvalue weighted by Gasteiger charge is -2.32. The van der Waals surface area contributed by atoms with Gasteiger partial charge >= 0.3 is 5.97 Å². The number of carboxylic acid groups (broad SMARTS) is 1. The van der Waals surface area contributed by atoms with Crippen LogP contribution in [0, 0.1) is 5.92 Å². The zero-order valence-electron chi connectivity index (χ0n) is 11.1. The third-order valence-corrected chi connectivity index (χ3v) is 3.43. The Bertz CT molecular complexity index is 394. The first kappa shape index (κ1) is 14.0. The van der Waals surface area contributed by atoms with E-state index >= 15 is 0 Å². The van der Waals surface area contributed by atoms with Crippen LogP contribution >= 0.6 is 0 Å². The summed E-state index contributed by atoms with van der Waals surface area (Å²) in [5.41, 5.74) is 1.33. The molecule has 4 nitrogen and oxygen atoms in total. The maximum Gasteiger partial charge on any atom is 0.329 e. The molecule has 0 amide bonds. The minimum Gasteiger partial charge on any atom is -0.480 e. The van der Waals surface area contributed by atoms with E-state index in [-0.39, 0.29) is 6.61 Å². The molecule has 0 bridgehead atoms. The molecule has 1 aromatic rings. The Kier molecular flexibility index (Phi) is 5.36. The molecule has 1 atom stereocenters. The Labute approximate surface area is 114 Å². The number of carbonyl (C=O) groups is 1. The lowest BCUT2D eigenvalue weighted by atomic mass is 9.98. The molecule has 1 aliphatic rings. The average Bonchev–Trinajstić information content (AvgIpc) is 2.40. The standard InChI is InChI=1S/C15H21NO3/c17-15(18)12-19-11-14-7-4-8-16(10-14)9-13-5-2-1-3-6-13/h1-3,5-6,14H,4,7-12H2,(H,17,18). The predicted molar refractivity (Wildman–Crippen MR) is 72.9 cm³/mol. The van der Waals surface area contributed by atoms with Gasteiger partial charge in [-0.15, -0.1) is 0 Å². The van der Waals surface area contributed by atoms with Gasteiger partial charge in [0.05, 0.1) is 6.61 Å². The zero-order chi connectivity index (χ0) is 13.5. The van der Waals surface area contributed by atoms with Gasteiger partial charge in [0.1, 0.15) is 6.61 Å². The fourth-order valence-electron chi connectivity index (χ4n) is 2.59. The van der Waals surface area contributed by atoms with E-state index in [1.165, 1.54) is 5.56 Å². The van der Waals surface area contributed by atoms with Gasteiger partial charge in [-0.2, -0.15) is 0 Å². The summed E-state index contributed by atoms with van der Waals surface area (Å²) in [7, 11) is 0. The molecule has 0 spiro atoms. The minimum absolute atomic E-state index is 0.185. The Morgan fingerprint density at radius 2 is 2.16 bits per heavy atom. The number of carboxylic acids is 1. The van der Waals surface area contributed by atoms with Crippen LogP contribution in [0.4, 0.5) is 0 Å². The molecule has 104 valence electrons. The molecule has 0 radical (unpaired) electrons. The monoisotopic (exact) mass is 263 g/mol. The average molecular weight is 263 g/mol. The smallest absolute Gasteiger partial charge is 0.329 e. The van der Waals surface area contributed by atoms with Crippen molar-refractivity contribution in [2.45, 2.75) is 19.4 Å². The summed E-state index contributed by atoms with van der Waals surface area (Å²) in [5.74, 6) is -0.436. The number of nitrogens with zero attached hydrogens (tertiary/aromatic N) is 1. The van der Waals surface area contributed by atoms with Crippen LogP contribution in [0.2, 0.25) is 0 Å². The van der Waals surface area contributed by atoms with E-state index in [0.717, 1.165) is 32.5 Å². The molecule has 1 aliphatic heterocycles. The van der Waals surface area contributed by atoms with Crippen LogP contribution in [0.15, 0.2) is 30.3 Å². The van der Waals surface area contributed by atoms with Crippen molar-refractivity contribution in [2.75, 3.05) is 26.3 Å². The van der Waals surface area contributed by atoms with E-state index < -0.39 is 5.97 Å². The van der Waals surface area contributed by atoms with E-state index in [9.17, 15) is 4.79 Å². The van der Waals surface area contributed by atoms with Crippen molar-refractivity contribution < 1.29 is 14.6 Å². The molecular formula is C15H21NO3. The molecule has 0 aromatic heterocycles. The van der Waals surface area contributed by atoms with Crippen LogP contribution in [0.1, 0.15) is 18.4 Å². The van der Waals surface area contributed by atoms with Crippen molar-refractivity contribution in [3.63, 3.8) is 0 Å². The Morgan fingerprint density at radius 3 is 2.89 bits per heavy atom. The van der Waals surface area contributed by atoms with Gasteiger partial charge in [-0.05, 0) is 30.9 Å². The summed E-state index contributed by atoms with van der Waals surface area (Å²) < 4.78 is 5.21. The van der Waals surface area contributed by atoms with Crippen LogP contribution in [0.3, 0.4) is 0 Å². The van der Waals surface area contributed by atoms with E-state index in [1.807, 2.05) is 6.07 Å². The molecule has 0 aliphatic carbocycles. The van der Waals surface area contributed by atoms with Gasteiger partial charge in [0.2, 0.25) is 0 Å². The number of hydrogen-bond acceptors (Lipinski definition) is 3. The van der Waals surface area contributed by atoms with Crippen molar-refractivity contribution in [3.8, 4) is 0 Å². The maximum absolute atomic E-state index is 10.4. The summed E-state index contributed by atoms with van der Waals surface area (Å²) >= 11 is 0. The number of piperidine rings is 1. The van der Waals surface area contributed by atoms with Gasteiger partial charge < -0.3 is 9.84 Å². The van der Waals surface area contributed by atoms with Crippen LogP contribution in [0.5, 0.6) is 0 Å². The number of benzene rings is 1. The van der Waals surface area contributed by atoms with Crippen LogP contribution in [-0.4, -0.2) is 42.3 Å². The summed E-state index contributed by atoms with van der Waals surface area (Å²) in [6.07, 6.45) is 2.29. The van der Waals surface area contributed by atoms with E-state index in [1.54, 1.807) is 0 Å². The molecule has 4 heteroatoms. The summed E-state index contributed by atoms with van der Waals surface area (Å²) in [4.78, 5) is 12.8. The molecule has 19 heavy (non-hydrogen) atoms. The number of ether oxygens (including phenoxy) is 1. The first-order valence-electron chi connectivity index (χ1n) is 6.80. The molecule has 1 heterocycles. The number of hydrogen-bond donors (Lipinski definition) is 1. The highest BCUT2D eigenvalue weighted by molar-refractivity contribution is 5.67. The van der Waals surface area contributed by atoms with Gasteiger partial charge in [0, 0.05) is 13.1 Å². The summed E-state index contributed by atoms with van der Waals surface area (Å²) in [6.45, 7) is 3.45. The normalized spacial score (nSPS) is 20.3. The van der Waals surface area contributed by atoms with Crippen molar-refractivity contribution in [1.29, 1.82) is 0 Å². The predicted octanol–water partition coefficient (Wildman–Crippen LogP) is 2.00. The lowest BCUT2D eigenvalue weighted by Crippen LogP contribution is -2.37. The first-order chi connectivity index (χ1) is 9.24. The summed E-state index contributed by atoms with van der Waals surface area (Å²) in [5, 5.41) is 8.55. The molecule has 2 rings (SSSR count). The van der Waals surface area contributed by atoms with Gasteiger partial charge in [-0.1, -0.05) is 30.3 Å². The number of aliphatic carboxylic acids is 1. The molecule has 1 saturated heterocycles. The maximum atomic E-state index is 10.4. The van der Waals surface area contributed by atoms with Gasteiger partial charge in [-0.3, -0.25) is 4.90 Å². The molecule has 1 unspecified atom stereocenters. The minimum atomic E-state index is -0.892. The molecular weight excluding hydrogens is 242 g/mol. The van der Waals surface area contributed by atoms with Gasteiger partial charge in [0.15, 0.2) is 0 Å². The van der Waals surface area contributed by atoms with E-state index in [0.29, 0.717) is 12.5 Å². The zero-order valence-corrected chi connectivity index (χ0v) is 11.1. The van der Waals surface area contributed by atoms with E-state index in [2.05, 4.69) is 29.2 Å². The molecule has 0 saturated carbocycles. The first-order valence-corrected chi connectivity index (χ1v) is 6.80. The summed E-state index contributed by atoms with van der Waals surface area (Å²) in [6, 6.07) is 10.4. The SMILES string of the molecule is O=C(O)COCC1CCCN(Cc2ccccc2)C1. The topological polar surface area (TPSA) is 49.8 Å². The third kappa shape index (κ3) is 5.01. The van der Waals surface area contributed by atoms with Gasteiger partial charge in [-0.25, -0.2) is 4.79 Å². The molecule has 1 fully saturated rings. The second-order valence-corrected chi connectivity index (χ2v) is 5.14. The fourth-order valence-corrected chi connectivity index (χ4v) is 2.59. The third-order valence-electron chi connectivity index (χ3n) is 3.43. The lowest BCUT2D eigenvalue weighted by molar-refractivity contribution is -0.142. The fraction of sp³-hybridized carbons (Fsp3) is 0.533. The highest BCUT2D eigenvalue weighted by Gasteiger charge is 2.20. The second-order valence-electron chi connectivity index (χ2n) is 5.14. The highest BCUT2D eigenvalue weighted by Crippen LogP contribution is 2.18. The van der Waals surface area contributed by atoms with E-state index in [4.69, 9.17) is 9.84 Å². The largest absolute Gasteiger partial charge is 0.480 e. The quantitative estimate of drug-likeness (QED) is 0.853. The highest BCUT2D eigenvalue weighted by atomic mass is 16.5. The van der Waals surface area contributed by atoms with Gasteiger partial charge in [0.25, 0.3) is 0 Å². The Balaban J connectivity index is 1.75. The molecule has 1 aromatic carbocycles. The van der Waals surface area contributed by atoms with Crippen molar-refractivity contribution >= 4 is 5.97 Å². The van der Waals surface area contributed by atoms with Crippen LogP contribution in [-0.2, 0) is 16.1 Å². The Hall–Kier alpha value is -1.39. The number of likely N-dealkylation sites (tertiary alicyclic amines) is 1. The van der Waals surface area contributed by atoms with Crippen molar-refractivity contribution in [3.05, 3.63) is 35.9 Å². The van der Waals surface area contributed by atoms with Crippen molar-refractivity contribution in [1.82, 2.24) is 4.90 Å². The molecule has 1 N–H and O–H groups in total. The number of rotatable bonds is 6.